The molecule has 0 unspecified atom stereocenters. The summed E-state index contributed by atoms with van der Waals surface area (Å²) >= 11 is 0. The molecule has 2 nitrogen and oxygen atoms in total. The lowest BCUT2D eigenvalue weighted by molar-refractivity contribution is 0.510. The van der Waals surface area contributed by atoms with Gasteiger partial charge in [-0.15, -0.1) is 0 Å². The summed E-state index contributed by atoms with van der Waals surface area (Å²) in [5, 5.41) is 0. The van der Waals surface area contributed by atoms with E-state index in [0.29, 0.717) is 17.6 Å². The number of nitrogens with zero attached hydrogens (tertiary/aromatic N) is 2. The predicted octanol–water partition coefficient (Wildman–Crippen LogP) is 3.93. The van der Waals surface area contributed by atoms with Crippen LogP contribution in [0, 0.1) is 11.6 Å². The van der Waals surface area contributed by atoms with Crippen LogP contribution >= 0.6 is 0 Å². The molecule has 0 saturated heterocycles. The Morgan fingerprint density at radius 1 is 1.00 bits per heavy atom. The Morgan fingerprint density at radius 3 is 2.35 bits per heavy atom. The summed E-state index contributed by atoms with van der Waals surface area (Å²) in [7, 11) is 0. The molecule has 1 aromatic heterocycles. The minimum Gasteiger partial charge on any atom is -0.326 e. The number of hydrogen-bond donors (Lipinski definition) is 0. The second kappa shape index (κ2) is 5.04. The van der Waals surface area contributed by atoms with Crippen molar-refractivity contribution in [3.05, 3.63) is 65.5 Å². The van der Waals surface area contributed by atoms with Crippen LogP contribution in [0.1, 0.15) is 18.1 Å². The van der Waals surface area contributed by atoms with Crippen LogP contribution in [0.2, 0.25) is 0 Å². The molecule has 0 spiro atoms. The summed E-state index contributed by atoms with van der Waals surface area (Å²) < 4.78 is 28.3. The van der Waals surface area contributed by atoms with Crippen molar-refractivity contribution < 1.29 is 8.78 Å². The fraction of sp³-hybridized carbons (Fsp3) is 0.188. The van der Waals surface area contributed by atoms with Crippen LogP contribution in [0.25, 0.3) is 11.0 Å². The van der Waals surface area contributed by atoms with Gasteiger partial charge in [-0.25, -0.2) is 13.8 Å². The van der Waals surface area contributed by atoms with Crippen molar-refractivity contribution >= 4 is 11.0 Å². The lowest BCUT2D eigenvalue weighted by Crippen LogP contribution is -1.98. The molecule has 0 bridgehead atoms. The van der Waals surface area contributed by atoms with Gasteiger partial charge in [0.05, 0.1) is 17.4 Å². The first-order valence-corrected chi connectivity index (χ1v) is 6.55. The molecule has 2 aromatic carbocycles. The monoisotopic (exact) mass is 272 g/mol. The van der Waals surface area contributed by atoms with Gasteiger partial charge in [-0.2, -0.15) is 0 Å². The number of aromatic nitrogens is 2. The topological polar surface area (TPSA) is 17.8 Å². The highest BCUT2D eigenvalue weighted by molar-refractivity contribution is 5.75. The molecular weight excluding hydrogens is 258 g/mol. The molecular formula is C16H14F2N2. The van der Waals surface area contributed by atoms with Crippen LogP contribution in [0.4, 0.5) is 8.78 Å². The lowest BCUT2D eigenvalue weighted by Gasteiger charge is -2.06. The highest BCUT2D eigenvalue weighted by Gasteiger charge is 2.09. The Hall–Kier alpha value is -2.23. The highest BCUT2D eigenvalue weighted by Crippen LogP contribution is 2.18. The third-order valence-electron chi connectivity index (χ3n) is 3.45. The van der Waals surface area contributed by atoms with Crippen molar-refractivity contribution in [1.29, 1.82) is 0 Å². The van der Waals surface area contributed by atoms with E-state index in [1.807, 2.05) is 16.7 Å². The average Bonchev–Trinajstić information content (AvgIpc) is 2.83. The molecule has 102 valence electrons. The van der Waals surface area contributed by atoms with Gasteiger partial charge < -0.3 is 4.57 Å². The average molecular weight is 272 g/mol. The van der Waals surface area contributed by atoms with Gasteiger partial charge >= 0.3 is 0 Å². The zero-order valence-corrected chi connectivity index (χ0v) is 11.1. The van der Waals surface area contributed by atoms with E-state index in [0.717, 1.165) is 18.1 Å². The fourth-order valence-corrected chi connectivity index (χ4v) is 2.26. The highest BCUT2D eigenvalue weighted by atomic mass is 19.2. The van der Waals surface area contributed by atoms with E-state index in [-0.39, 0.29) is 0 Å². The Morgan fingerprint density at radius 2 is 1.65 bits per heavy atom. The number of benzene rings is 2. The van der Waals surface area contributed by atoms with Gasteiger partial charge in [0.1, 0.15) is 0 Å². The maximum absolute atomic E-state index is 13.3. The van der Waals surface area contributed by atoms with Gasteiger partial charge in [-0.1, -0.05) is 31.2 Å². The third-order valence-corrected chi connectivity index (χ3v) is 3.45. The van der Waals surface area contributed by atoms with Crippen molar-refractivity contribution in [3.8, 4) is 0 Å². The number of imidazole rings is 1. The molecule has 0 aliphatic heterocycles. The first-order chi connectivity index (χ1) is 9.67. The van der Waals surface area contributed by atoms with Crippen molar-refractivity contribution in [2.75, 3.05) is 0 Å². The summed E-state index contributed by atoms with van der Waals surface area (Å²) in [5.41, 5.74) is 3.45. The maximum Gasteiger partial charge on any atom is 0.161 e. The Bertz CT molecular complexity index is 745. The van der Waals surface area contributed by atoms with Crippen LogP contribution in [0.5, 0.6) is 0 Å². The van der Waals surface area contributed by atoms with E-state index in [4.69, 9.17) is 0 Å². The van der Waals surface area contributed by atoms with Gasteiger partial charge in [-0.05, 0) is 17.5 Å². The van der Waals surface area contributed by atoms with E-state index >= 15 is 0 Å². The molecule has 0 amide bonds. The summed E-state index contributed by atoms with van der Waals surface area (Å²) in [5.74, 6) is -1.71. The van der Waals surface area contributed by atoms with E-state index in [1.54, 1.807) is 6.33 Å². The van der Waals surface area contributed by atoms with Gasteiger partial charge in [0.2, 0.25) is 0 Å². The second-order valence-corrected chi connectivity index (χ2v) is 4.80. The molecule has 0 aliphatic carbocycles. The standard InChI is InChI=1S/C16H14F2N2/c1-2-11-3-5-12(6-4-11)9-20-10-19-15-7-13(17)14(18)8-16(15)20/h3-8,10H,2,9H2,1H3. The van der Waals surface area contributed by atoms with Crippen molar-refractivity contribution in [3.63, 3.8) is 0 Å². The molecule has 0 atom stereocenters. The molecule has 0 aliphatic rings. The smallest absolute Gasteiger partial charge is 0.161 e. The van der Waals surface area contributed by atoms with E-state index in [9.17, 15) is 8.78 Å². The molecule has 4 heteroatoms. The van der Waals surface area contributed by atoms with Crippen LogP contribution < -0.4 is 0 Å². The zero-order chi connectivity index (χ0) is 14.1. The molecule has 20 heavy (non-hydrogen) atoms. The van der Waals surface area contributed by atoms with Crippen LogP contribution in [0.3, 0.4) is 0 Å². The lowest BCUT2D eigenvalue weighted by atomic mass is 10.1. The summed E-state index contributed by atoms with van der Waals surface area (Å²) in [4.78, 5) is 4.11. The van der Waals surface area contributed by atoms with Gasteiger partial charge in [0.15, 0.2) is 11.6 Å². The summed E-state index contributed by atoms with van der Waals surface area (Å²) in [6, 6.07) is 10.6. The van der Waals surface area contributed by atoms with Crippen LogP contribution in [-0.2, 0) is 13.0 Å². The number of hydrogen-bond acceptors (Lipinski definition) is 1. The molecule has 0 saturated carbocycles. The first kappa shape index (κ1) is 12.8. The minimum absolute atomic E-state index is 0.467. The van der Waals surface area contributed by atoms with E-state index < -0.39 is 11.6 Å². The van der Waals surface area contributed by atoms with Gasteiger partial charge in [0.25, 0.3) is 0 Å². The fourth-order valence-electron chi connectivity index (χ4n) is 2.26. The second-order valence-electron chi connectivity index (χ2n) is 4.80. The molecule has 0 fully saturated rings. The van der Waals surface area contributed by atoms with Crippen molar-refractivity contribution in [2.45, 2.75) is 19.9 Å². The Labute approximate surface area is 115 Å². The summed E-state index contributed by atoms with van der Waals surface area (Å²) in [6.07, 6.45) is 2.61. The van der Waals surface area contributed by atoms with Crippen molar-refractivity contribution in [2.24, 2.45) is 0 Å². The SMILES string of the molecule is CCc1ccc(Cn2cnc3cc(F)c(F)cc32)cc1. The number of fused-ring (bicyclic) bond motifs is 1. The minimum atomic E-state index is -0.866. The predicted molar refractivity (Wildman–Crippen MR) is 74.6 cm³/mol. The Kier molecular flexibility index (Phi) is 3.22. The third kappa shape index (κ3) is 2.29. The molecule has 1 heterocycles. The van der Waals surface area contributed by atoms with Gasteiger partial charge in [-0.3, -0.25) is 0 Å². The van der Waals surface area contributed by atoms with E-state index in [1.165, 1.54) is 11.6 Å². The largest absolute Gasteiger partial charge is 0.326 e. The first-order valence-electron chi connectivity index (χ1n) is 6.55. The number of aryl methyl sites for hydroxylation is 1. The van der Waals surface area contributed by atoms with Crippen molar-refractivity contribution in [1.82, 2.24) is 9.55 Å². The molecule has 3 rings (SSSR count). The molecule has 0 radical (unpaired) electrons. The number of rotatable bonds is 3. The molecule has 0 N–H and O–H groups in total. The van der Waals surface area contributed by atoms with E-state index in [2.05, 4.69) is 24.0 Å². The number of halogens is 2. The van der Waals surface area contributed by atoms with Crippen LogP contribution in [0.15, 0.2) is 42.7 Å². The quantitative estimate of drug-likeness (QED) is 0.706. The normalized spacial score (nSPS) is 11.2. The molecule has 3 aromatic rings. The summed E-state index contributed by atoms with van der Waals surface area (Å²) in [6.45, 7) is 2.70. The van der Waals surface area contributed by atoms with Crippen LogP contribution in [-0.4, -0.2) is 9.55 Å². The maximum atomic E-state index is 13.3. The zero-order valence-electron chi connectivity index (χ0n) is 11.1. The Balaban J connectivity index is 1.95. The van der Waals surface area contributed by atoms with Gasteiger partial charge in [0, 0.05) is 18.7 Å².